The summed E-state index contributed by atoms with van der Waals surface area (Å²) in [4.78, 5) is 10.7. The highest BCUT2D eigenvalue weighted by Crippen LogP contribution is 2.36. The van der Waals surface area contributed by atoms with Gasteiger partial charge in [0, 0.05) is 24.6 Å². The van der Waals surface area contributed by atoms with Crippen molar-refractivity contribution in [1.82, 2.24) is 9.97 Å². The molecule has 0 aliphatic carbocycles. The van der Waals surface area contributed by atoms with E-state index in [0.717, 1.165) is 38.2 Å². The van der Waals surface area contributed by atoms with Gasteiger partial charge in [-0.15, -0.1) is 0 Å². The fourth-order valence-electron chi connectivity index (χ4n) is 3.56. The molecule has 0 spiro atoms. The number of hydrogen-bond donors (Lipinski definition) is 1. The Morgan fingerprint density at radius 1 is 1.29 bits per heavy atom. The maximum Gasteiger partial charge on any atom is 0.218 e. The monoisotopic (exact) mass is 327 g/mol. The molecule has 1 saturated heterocycles. The number of benzene rings is 1. The SMILES string of the molecule is COc1cc(N2CCCC(CO)(Cc3ccccc3C)C2)ncn1. The van der Waals surface area contributed by atoms with Crippen molar-refractivity contribution in [3.8, 4) is 5.88 Å². The summed E-state index contributed by atoms with van der Waals surface area (Å²) in [5, 5.41) is 10.2. The second-order valence-electron chi connectivity index (χ2n) is 6.71. The Bertz CT molecular complexity index is 692. The minimum atomic E-state index is -0.136. The van der Waals surface area contributed by atoms with Crippen LogP contribution in [0.2, 0.25) is 0 Å². The Balaban J connectivity index is 1.82. The molecule has 1 N–H and O–H groups in total. The van der Waals surface area contributed by atoms with Gasteiger partial charge in [-0.2, -0.15) is 0 Å². The van der Waals surface area contributed by atoms with Gasteiger partial charge in [0.05, 0.1) is 13.7 Å². The van der Waals surface area contributed by atoms with Crippen LogP contribution in [0.1, 0.15) is 24.0 Å². The lowest BCUT2D eigenvalue weighted by atomic mass is 9.75. The number of rotatable bonds is 5. The van der Waals surface area contributed by atoms with Gasteiger partial charge in [0.1, 0.15) is 12.1 Å². The van der Waals surface area contributed by atoms with Gasteiger partial charge in [0.15, 0.2) is 0 Å². The number of anilines is 1. The topological polar surface area (TPSA) is 58.5 Å². The number of nitrogens with zero attached hydrogens (tertiary/aromatic N) is 3. The van der Waals surface area contributed by atoms with Crippen molar-refractivity contribution in [1.29, 1.82) is 0 Å². The molecule has 128 valence electrons. The molecule has 5 heteroatoms. The molecule has 1 aromatic heterocycles. The van der Waals surface area contributed by atoms with E-state index in [2.05, 4.69) is 46.1 Å². The molecule has 2 heterocycles. The van der Waals surface area contributed by atoms with E-state index in [0.29, 0.717) is 5.88 Å². The molecule has 1 aliphatic heterocycles. The third-order valence-corrected chi connectivity index (χ3v) is 4.98. The van der Waals surface area contributed by atoms with Crippen molar-refractivity contribution in [3.05, 3.63) is 47.8 Å². The van der Waals surface area contributed by atoms with Crippen LogP contribution in [0.5, 0.6) is 5.88 Å². The number of ether oxygens (including phenoxy) is 1. The molecular formula is C19H25N3O2. The summed E-state index contributed by atoms with van der Waals surface area (Å²) >= 11 is 0. The van der Waals surface area contributed by atoms with E-state index >= 15 is 0 Å². The van der Waals surface area contributed by atoms with Crippen LogP contribution in [0.4, 0.5) is 5.82 Å². The predicted octanol–water partition coefficient (Wildman–Crippen LogP) is 2.62. The molecule has 0 saturated carbocycles. The first kappa shape index (κ1) is 16.7. The average molecular weight is 327 g/mol. The smallest absolute Gasteiger partial charge is 0.218 e. The van der Waals surface area contributed by atoms with Gasteiger partial charge in [-0.3, -0.25) is 0 Å². The standard InChI is InChI=1S/C19H25N3O2/c1-15-6-3-4-7-16(15)11-19(13-23)8-5-9-22(12-19)17-10-18(24-2)21-14-20-17/h3-4,6-7,10,14,23H,5,8-9,11-13H2,1-2H3. The fourth-order valence-corrected chi connectivity index (χ4v) is 3.56. The van der Waals surface area contributed by atoms with E-state index in [-0.39, 0.29) is 12.0 Å². The summed E-state index contributed by atoms with van der Waals surface area (Å²) in [6.07, 6.45) is 4.48. The Labute approximate surface area is 143 Å². The fraction of sp³-hybridized carbons (Fsp3) is 0.474. The summed E-state index contributed by atoms with van der Waals surface area (Å²) < 4.78 is 5.21. The van der Waals surface area contributed by atoms with E-state index in [1.165, 1.54) is 17.5 Å². The summed E-state index contributed by atoms with van der Waals surface area (Å²) in [6, 6.07) is 10.3. The quantitative estimate of drug-likeness (QED) is 0.915. The highest BCUT2D eigenvalue weighted by molar-refractivity contribution is 5.42. The van der Waals surface area contributed by atoms with Crippen LogP contribution >= 0.6 is 0 Å². The average Bonchev–Trinajstić information content (AvgIpc) is 2.64. The number of aliphatic hydroxyl groups excluding tert-OH is 1. The van der Waals surface area contributed by atoms with Crippen LogP contribution in [0, 0.1) is 12.3 Å². The zero-order chi connectivity index (χ0) is 17.0. The van der Waals surface area contributed by atoms with Crippen molar-refractivity contribution in [3.63, 3.8) is 0 Å². The maximum atomic E-state index is 10.2. The molecule has 1 fully saturated rings. The first-order valence-corrected chi connectivity index (χ1v) is 8.42. The molecule has 3 rings (SSSR count). The molecule has 1 atom stereocenters. The molecule has 0 amide bonds. The molecule has 1 aliphatic rings. The van der Waals surface area contributed by atoms with E-state index in [1.807, 2.05) is 6.07 Å². The molecule has 1 unspecified atom stereocenters. The molecule has 1 aromatic carbocycles. The van der Waals surface area contributed by atoms with Crippen LogP contribution in [-0.4, -0.2) is 41.9 Å². The van der Waals surface area contributed by atoms with Crippen molar-refractivity contribution in [2.45, 2.75) is 26.2 Å². The largest absolute Gasteiger partial charge is 0.481 e. The first-order chi connectivity index (χ1) is 11.7. The summed E-state index contributed by atoms with van der Waals surface area (Å²) in [6.45, 7) is 4.05. The van der Waals surface area contributed by atoms with E-state index in [4.69, 9.17) is 4.74 Å². The minimum Gasteiger partial charge on any atom is -0.481 e. The molecule has 0 radical (unpaired) electrons. The Hall–Kier alpha value is -2.14. The van der Waals surface area contributed by atoms with Gasteiger partial charge in [-0.1, -0.05) is 24.3 Å². The molecule has 24 heavy (non-hydrogen) atoms. The zero-order valence-electron chi connectivity index (χ0n) is 14.4. The van der Waals surface area contributed by atoms with Crippen LogP contribution < -0.4 is 9.64 Å². The van der Waals surface area contributed by atoms with E-state index < -0.39 is 0 Å². The summed E-state index contributed by atoms with van der Waals surface area (Å²) in [5.41, 5.74) is 2.46. The van der Waals surface area contributed by atoms with Crippen molar-refractivity contribution in [2.24, 2.45) is 5.41 Å². The summed E-state index contributed by atoms with van der Waals surface area (Å²) in [5.74, 6) is 1.43. The van der Waals surface area contributed by atoms with Crippen molar-refractivity contribution < 1.29 is 9.84 Å². The van der Waals surface area contributed by atoms with Gasteiger partial charge < -0.3 is 14.7 Å². The summed E-state index contributed by atoms with van der Waals surface area (Å²) in [7, 11) is 1.61. The Morgan fingerprint density at radius 3 is 2.88 bits per heavy atom. The Morgan fingerprint density at radius 2 is 2.12 bits per heavy atom. The Kier molecular flexibility index (Phi) is 5.00. The second kappa shape index (κ2) is 7.18. The van der Waals surface area contributed by atoms with Crippen molar-refractivity contribution in [2.75, 3.05) is 31.7 Å². The van der Waals surface area contributed by atoms with Crippen molar-refractivity contribution >= 4 is 5.82 Å². The number of hydrogen-bond acceptors (Lipinski definition) is 5. The van der Waals surface area contributed by atoms with E-state index in [9.17, 15) is 5.11 Å². The molecule has 5 nitrogen and oxygen atoms in total. The lowest BCUT2D eigenvalue weighted by molar-refractivity contribution is 0.105. The number of piperidine rings is 1. The minimum absolute atomic E-state index is 0.136. The third-order valence-electron chi connectivity index (χ3n) is 4.98. The van der Waals surface area contributed by atoms with Crippen LogP contribution in [0.15, 0.2) is 36.7 Å². The van der Waals surface area contributed by atoms with Crippen LogP contribution in [0.3, 0.4) is 0 Å². The lowest BCUT2D eigenvalue weighted by Gasteiger charge is -2.42. The normalized spacial score (nSPS) is 20.9. The van der Waals surface area contributed by atoms with Gasteiger partial charge in [0.25, 0.3) is 0 Å². The molecular weight excluding hydrogens is 302 g/mol. The third kappa shape index (κ3) is 3.51. The molecule has 0 bridgehead atoms. The van der Waals surface area contributed by atoms with Gasteiger partial charge in [-0.05, 0) is 37.3 Å². The highest BCUT2D eigenvalue weighted by atomic mass is 16.5. The van der Waals surface area contributed by atoms with Crippen LogP contribution in [-0.2, 0) is 6.42 Å². The van der Waals surface area contributed by atoms with Gasteiger partial charge in [0.2, 0.25) is 5.88 Å². The molecule has 2 aromatic rings. The highest BCUT2D eigenvalue weighted by Gasteiger charge is 2.36. The number of methoxy groups -OCH3 is 1. The number of aryl methyl sites for hydroxylation is 1. The maximum absolute atomic E-state index is 10.2. The first-order valence-electron chi connectivity index (χ1n) is 8.42. The predicted molar refractivity (Wildman–Crippen MR) is 94.4 cm³/mol. The van der Waals surface area contributed by atoms with Gasteiger partial charge in [-0.25, -0.2) is 9.97 Å². The van der Waals surface area contributed by atoms with E-state index in [1.54, 1.807) is 7.11 Å². The zero-order valence-corrected chi connectivity index (χ0v) is 14.4. The number of aliphatic hydroxyl groups is 1. The second-order valence-corrected chi connectivity index (χ2v) is 6.71. The lowest BCUT2D eigenvalue weighted by Crippen LogP contribution is -2.47. The van der Waals surface area contributed by atoms with Gasteiger partial charge >= 0.3 is 0 Å². The van der Waals surface area contributed by atoms with Crippen LogP contribution in [0.25, 0.3) is 0 Å². The number of aromatic nitrogens is 2.